The van der Waals surface area contributed by atoms with Crippen LogP contribution in [0.5, 0.6) is 0 Å². The number of nitrogens with one attached hydrogen (secondary N) is 1. The molecule has 0 aliphatic heterocycles. The molecule has 1 aromatic heterocycles. The molecule has 0 bridgehead atoms. The number of nitrogens with zero attached hydrogens (tertiary/aromatic N) is 1. The third-order valence-corrected chi connectivity index (χ3v) is 5.23. The summed E-state index contributed by atoms with van der Waals surface area (Å²) in [5.74, 6) is 0. The molecule has 2 nitrogen and oxygen atoms in total. The Morgan fingerprint density at radius 3 is 2.37 bits per heavy atom. The van der Waals surface area contributed by atoms with Crippen molar-refractivity contribution in [3.05, 3.63) is 30.1 Å². The van der Waals surface area contributed by atoms with Crippen LogP contribution in [0.15, 0.2) is 24.5 Å². The van der Waals surface area contributed by atoms with Crippen LogP contribution in [0.2, 0.25) is 0 Å². The zero-order chi connectivity index (χ0) is 13.3. The summed E-state index contributed by atoms with van der Waals surface area (Å²) >= 11 is 0. The normalized spacial score (nSPS) is 23.7. The molecular weight excluding hydrogens is 232 g/mol. The summed E-state index contributed by atoms with van der Waals surface area (Å²) in [5, 5.41) is 3.67. The minimum absolute atomic E-state index is 0.373. The fourth-order valence-corrected chi connectivity index (χ4v) is 4.40. The van der Waals surface area contributed by atoms with Gasteiger partial charge in [-0.25, -0.2) is 0 Å². The van der Waals surface area contributed by atoms with E-state index in [1.165, 1.54) is 44.1 Å². The van der Waals surface area contributed by atoms with E-state index in [0.717, 1.165) is 6.54 Å². The third-order valence-electron chi connectivity index (χ3n) is 5.23. The summed E-state index contributed by atoms with van der Waals surface area (Å²) in [6, 6.07) is 5.02. The molecule has 3 rings (SSSR count). The second-order valence-electron chi connectivity index (χ2n) is 7.11. The van der Waals surface area contributed by atoms with Gasteiger partial charge in [0.25, 0.3) is 0 Å². The number of hydrogen-bond acceptors (Lipinski definition) is 2. The van der Waals surface area contributed by atoms with E-state index in [-0.39, 0.29) is 0 Å². The average Bonchev–Trinajstić information content (AvgIpc) is 2.85. The van der Waals surface area contributed by atoms with Crippen molar-refractivity contribution in [2.75, 3.05) is 6.54 Å². The van der Waals surface area contributed by atoms with Gasteiger partial charge >= 0.3 is 0 Å². The van der Waals surface area contributed by atoms with Gasteiger partial charge in [-0.2, -0.15) is 0 Å². The van der Waals surface area contributed by atoms with Crippen molar-refractivity contribution < 1.29 is 0 Å². The molecule has 19 heavy (non-hydrogen) atoms. The van der Waals surface area contributed by atoms with Gasteiger partial charge in [-0.3, -0.25) is 4.98 Å². The van der Waals surface area contributed by atoms with Crippen molar-refractivity contribution in [3.63, 3.8) is 0 Å². The summed E-state index contributed by atoms with van der Waals surface area (Å²) < 4.78 is 0. The highest BCUT2D eigenvalue weighted by Gasteiger charge is 2.55. The van der Waals surface area contributed by atoms with E-state index in [2.05, 4.69) is 36.3 Å². The predicted octanol–water partition coefficient (Wildman–Crippen LogP) is 3.67. The molecule has 2 fully saturated rings. The highest BCUT2D eigenvalue weighted by molar-refractivity contribution is 5.30. The molecule has 1 N–H and O–H groups in total. The van der Waals surface area contributed by atoms with Crippen molar-refractivity contribution in [1.29, 1.82) is 0 Å². The fourth-order valence-electron chi connectivity index (χ4n) is 4.40. The van der Waals surface area contributed by atoms with Gasteiger partial charge < -0.3 is 5.32 Å². The predicted molar refractivity (Wildman–Crippen MR) is 79.2 cm³/mol. The Bertz CT molecular complexity index is 410. The molecule has 2 saturated carbocycles. The van der Waals surface area contributed by atoms with Crippen LogP contribution in [0, 0.1) is 5.41 Å². The van der Waals surface area contributed by atoms with Crippen LogP contribution < -0.4 is 5.32 Å². The molecule has 1 aromatic rings. The average molecular weight is 258 g/mol. The van der Waals surface area contributed by atoms with E-state index in [1.54, 1.807) is 0 Å². The minimum atomic E-state index is 0.373. The first-order valence-corrected chi connectivity index (χ1v) is 7.78. The van der Waals surface area contributed by atoms with Gasteiger partial charge in [0.15, 0.2) is 0 Å². The van der Waals surface area contributed by atoms with Crippen LogP contribution in [-0.4, -0.2) is 17.6 Å². The van der Waals surface area contributed by atoms with Gasteiger partial charge in [0.2, 0.25) is 0 Å². The molecule has 1 spiro atoms. The molecule has 1 heterocycles. The maximum atomic E-state index is 4.18. The SMILES string of the molecule is CC(C)NCC1(c2ccncc2)CC2(CCCC2)C1. The molecule has 0 radical (unpaired) electrons. The van der Waals surface area contributed by atoms with Crippen molar-refractivity contribution in [2.45, 2.75) is 63.8 Å². The Morgan fingerprint density at radius 1 is 1.16 bits per heavy atom. The zero-order valence-electron chi connectivity index (χ0n) is 12.3. The van der Waals surface area contributed by atoms with Crippen LogP contribution in [0.4, 0.5) is 0 Å². The Hall–Kier alpha value is -0.890. The minimum Gasteiger partial charge on any atom is -0.314 e. The second-order valence-corrected chi connectivity index (χ2v) is 7.11. The van der Waals surface area contributed by atoms with Crippen LogP contribution in [0.3, 0.4) is 0 Å². The number of hydrogen-bond donors (Lipinski definition) is 1. The van der Waals surface area contributed by atoms with Gasteiger partial charge in [-0.1, -0.05) is 26.7 Å². The topological polar surface area (TPSA) is 24.9 Å². The third kappa shape index (κ3) is 2.43. The van der Waals surface area contributed by atoms with Gasteiger partial charge in [0.1, 0.15) is 0 Å². The van der Waals surface area contributed by atoms with Gasteiger partial charge in [-0.15, -0.1) is 0 Å². The molecule has 0 unspecified atom stereocenters. The maximum Gasteiger partial charge on any atom is 0.0270 e. The molecule has 0 atom stereocenters. The highest BCUT2D eigenvalue weighted by atomic mass is 14.9. The Morgan fingerprint density at radius 2 is 1.79 bits per heavy atom. The Kier molecular flexibility index (Phi) is 3.38. The molecule has 0 aromatic carbocycles. The maximum absolute atomic E-state index is 4.18. The van der Waals surface area contributed by atoms with E-state index < -0.39 is 0 Å². The summed E-state index contributed by atoms with van der Waals surface area (Å²) in [4.78, 5) is 4.18. The number of rotatable bonds is 4. The summed E-state index contributed by atoms with van der Waals surface area (Å²) in [6.07, 6.45) is 12.5. The van der Waals surface area contributed by atoms with Crippen LogP contribution in [0.25, 0.3) is 0 Å². The monoisotopic (exact) mass is 258 g/mol. The van der Waals surface area contributed by atoms with Crippen LogP contribution in [-0.2, 0) is 5.41 Å². The molecule has 2 heteroatoms. The number of pyridine rings is 1. The van der Waals surface area contributed by atoms with Crippen molar-refractivity contribution in [3.8, 4) is 0 Å². The summed E-state index contributed by atoms with van der Waals surface area (Å²) in [6.45, 7) is 5.60. The lowest BCUT2D eigenvalue weighted by molar-refractivity contribution is 0.0257. The first-order chi connectivity index (χ1) is 9.14. The van der Waals surface area contributed by atoms with E-state index in [0.29, 0.717) is 16.9 Å². The Balaban J connectivity index is 1.78. The van der Waals surface area contributed by atoms with Crippen LogP contribution >= 0.6 is 0 Å². The van der Waals surface area contributed by atoms with Crippen LogP contribution in [0.1, 0.15) is 57.9 Å². The fraction of sp³-hybridized carbons (Fsp3) is 0.706. The van der Waals surface area contributed by atoms with Gasteiger partial charge in [-0.05, 0) is 48.8 Å². The summed E-state index contributed by atoms with van der Waals surface area (Å²) in [7, 11) is 0. The quantitative estimate of drug-likeness (QED) is 0.891. The molecule has 104 valence electrons. The first kappa shape index (κ1) is 13.1. The molecule has 2 aliphatic carbocycles. The molecule has 0 saturated heterocycles. The van der Waals surface area contributed by atoms with E-state index in [9.17, 15) is 0 Å². The van der Waals surface area contributed by atoms with Crippen molar-refractivity contribution in [1.82, 2.24) is 10.3 Å². The second kappa shape index (κ2) is 4.90. The number of aromatic nitrogens is 1. The van der Waals surface area contributed by atoms with Crippen molar-refractivity contribution >= 4 is 0 Å². The van der Waals surface area contributed by atoms with Gasteiger partial charge in [0, 0.05) is 30.4 Å². The van der Waals surface area contributed by atoms with Gasteiger partial charge in [0.05, 0.1) is 0 Å². The largest absolute Gasteiger partial charge is 0.314 e. The van der Waals surface area contributed by atoms with E-state index >= 15 is 0 Å². The first-order valence-electron chi connectivity index (χ1n) is 7.78. The Labute approximate surface area is 117 Å². The molecule has 2 aliphatic rings. The van der Waals surface area contributed by atoms with E-state index in [4.69, 9.17) is 0 Å². The summed E-state index contributed by atoms with van der Waals surface area (Å²) in [5.41, 5.74) is 2.55. The van der Waals surface area contributed by atoms with Crippen molar-refractivity contribution in [2.24, 2.45) is 5.41 Å². The lowest BCUT2D eigenvalue weighted by Gasteiger charge is -2.56. The standard InChI is InChI=1S/C17H26N2/c1-14(2)19-13-17(15-5-9-18-10-6-15)11-16(12-17)7-3-4-8-16/h5-6,9-10,14,19H,3-4,7-8,11-13H2,1-2H3. The lowest BCUT2D eigenvalue weighted by atomic mass is 9.49. The zero-order valence-corrected chi connectivity index (χ0v) is 12.3. The molecular formula is C17H26N2. The smallest absolute Gasteiger partial charge is 0.0270 e. The van der Waals surface area contributed by atoms with E-state index in [1.807, 2.05) is 12.4 Å². The lowest BCUT2D eigenvalue weighted by Crippen LogP contribution is -2.54. The highest BCUT2D eigenvalue weighted by Crippen LogP contribution is 2.62. The molecule has 0 amide bonds.